The second kappa shape index (κ2) is 5.65. The van der Waals surface area contributed by atoms with Gasteiger partial charge >= 0.3 is 0 Å². The summed E-state index contributed by atoms with van der Waals surface area (Å²) in [6, 6.07) is 0. The van der Waals surface area contributed by atoms with Gasteiger partial charge in [-0.05, 0) is 0 Å². The fourth-order valence-electron chi connectivity index (χ4n) is 0.593. The quantitative estimate of drug-likeness (QED) is 0.269. The van der Waals surface area contributed by atoms with E-state index in [1.807, 2.05) is 0 Å². The van der Waals surface area contributed by atoms with Crippen molar-refractivity contribution in [2.75, 3.05) is 0 Å². The van der Waals surface area contributed by atoms with Crippen molar-refractivity contribution in [3.8, 4) is 0 Å². The molecule has 0 heterocycles. The molecule has 0 bridgehead atoms. The fourth-order valence-corrected chi connectivity index (χ4v) is 2.09. The van der Waals surface area contributed by atoms with Gasteiger partial charge in [0.15, 0.2) is 0 Å². The molecule has 0 aliphatic rings. The van der Waals surface area contributed by atoms with Gasteiger partial charge in [-0.15, -0.1) is 12.6 Å². The topological polar surface area (TPSA) is 0 Å². The average molecular weight is 385 g/mol. The summed E-state index contributed by atoms with van der Waals surface area (Å²) in [5, 5.41) is 0.889. The van der Waals surface area contributed by atoms with Crippen LogP contribution < -0.4 is 0 Å². The first kappa shape index (κ1) is 14.6. The standard InChI is InChI=1S/C6HCl5S.Rh/c7-1-2(8)4(10)6(12)5(11)3(1)9;/h12H;. The van der Waals surface area contributed by atoms with Crippen LogP contribution in [0.1, 0.15) is 0 Å². The SMILES string of the molecule is Sc1c(Cl)c(Cl)c(Cl)c(Cl)c1Cl.[Rh]. The third-order valence-electron chi connectivity index (χ3n) is 1.19. The maximum atomic E-state index is 5.72. The number of hydrogen-bond acceptors (Lipinski definition) is 1. The summed E-state index contributed by atoms with van der Waals surface area (Å²) in [5.41, 5.74) is 0. The Balaban J connectivity index is 0.00000144. The molecule has 13 heavy (non-hydrogen) atoms. The molecular weight excluding hydrogens is 384 g/mol. The van der Waals surface area contributed by atoms with Gasteiger partial charge in [0, 0.05) is 24.4 Å². The van der Waals surface area contributed by atoms with E-state index >= 15 is 0 Å². The molecule has 1 radical (unpaired) electrons. The molecular formula is C6HCl5RhS. The van der Waals surface area contributed by atoms with E-state index in [2.05, 4.69) is 12.6 Å². The van der Waals surface area contributed by atoms with Crippen molar-refractivity contribution in [2.24, 2.45) is 0 Å². The van der Waals surface area contributed by atoms with Gasteiger partial charge in [-0.1, -0.05) is 58.0 Å². The summed E-state index contributed by atoms with van der Waals surface area (Å²) in [6.45, 7) is 0. The van der Waals surface area contributed by atoms with Crippen LogP contribution in [0.15, 0.2) is 4.90 Å². The van der Waals surface area contributed by atoms with E-state index in [-0.39, 0.29) is 44.6 Å². The number of rotatable bonds is 0. The molecule has 1 aromatic rings. The van der Waals surface area contributed by atoms with Gasteiger partial charge in [-0.3, -0.25) is 0 Å². The van der Waals surface area contributed by atoms with Crippen LogP contribution in [0.4, 0.5) is 0 Å². The Bertz CT molecular complexity index is 235. The second-order valence-electron chi connectivity index (χ2n) is 1.92. The maximum Gasteiger partial charge on any atom is 0.0809 e. The Labute approximate surface area is 119 Å². The third kappa shape index (κ3) is 2.81. The van der Waals surface area contributed by atoms with Crippen molar-refractivity contribution in [1.29, 1.82) is 0 Å². The van der Waals surface area contributed by atoms with Crippen molar-refractivity contribution in [1.82, 2.24) is 0 Å². The Hall–Kier alpha value is 1.64. The van der Waals surface area contributed by atoms with E-state index in [0.29, 0.717) is 4.90 Å². The zero-order valence-corrected chi connectivity index (χ0v) is 12.0. The summed E-state index contributed by atoms with van der Waals surface area (Å²) in [4.78, 5) is 0.331. The predicted octanol–water partition coefficient (Wildman–Crippen LogP) is 5.24. The van der Waals surface area contributed by atoms with Gasteiger partial charge in [-0.2, -0.15) is 0 Å². The molecule has 1 aromatic carbocycles. The van der Waals surface area contributed by atoms with Crippen LogP contribution in [0.25, 0.3) is 0 Å². The Morgan fingerprint density at radius 2 is 0.846 bits per heavy atom. The average Bonchev–Trinajstić information content (AvgIpc) is 2.08. The minimum Gasteiger partial charge on any atom is -0.140 e. The molecule has 0 atom stereocenters. The molecule has 0 nitrogen and oxygen atoms in total. The second-order valence-corrected chi connectivity index (χ2v) is 4.26. The van der Waals surface area contributed by atoms with Gasteiger partial charge in [0.05, 0.1) is 25.1 Å². The summed E-state index contributed by atoms with van der Waals surface area (Å²) in [7, 11) is 0. The van der Waals surface area contributed by atoms with Gasteiger partial charge in [0.1, 0.15) is 0 Å². The normalized spacial score (nSPS) is 9.69. The zero-order valence-electron chi connectivity index (χ0n) is 5.67. The van der Waals surface area contributed by atoms with Crippen LogP contribution in [0.5, 0.6) is 0 Å². The zero-order chi connectivity index (χ0) is 9.46. The van der Waals surface area contributed by atoms with Gasteiger partial charge < -0.3 is 0 Å². The van der Waals surface area contributed by atoms with Crippen molar-refractivity contribution in [3.05, 3.63) is 25.1 Å². The number of hydrogen-bond donors (Lipinski definition) is 1. The molecule has 0 aliphatic carbocycles. The van der Waals surface area contributed by atoms with Crippen LogP contribution in [0.2, 0.25) is 25.1 Å². The largest absolute Gasteiger partial charge is 0.140 e. The van der Waals surface area contributed by atoms with Crippen LogP contribution in [0.3, 0.4) is 0 Å². The smallest absolute Gasteiger partial charge is 0.0809 e. The van der Waals surface area contributed by atoms with Gasteiger partial charge in [0.2, 0.25) is 0 Å². The number of benzene rings is 1. The molecule has 7 heteroatoms. The molecule has 0 aliphatic heterocycles. The molecule has 0 fully saturated rings. The van der Waals surface area contributed by atoms with Crippen LogP contribution in [0, 0.1) is 0 Å². The van der Waals surface area contributed by atoms with Gasteiger partial charge in [-0.25, -0.2) is 0 Å². The van der Waals surface area contributed by atoms with Gasteiger partial charge in [0.25, 0.3) is 0 Å². The maximum absolute atomic E-state index is 5.72. The molecule has 0 unspecified atom stereocenters. The molecule has 0 saturated carbocycles. The third-order valence-corrected chi connectivity index (χ3v) is 4.17. The minimum atomic E-state index is 0. The first-order chi connectivity index (χ1) is 5.46. The van der Waals surface area contributed by atoms with Crippen molar-refractivity contribution < 1.29 is 19.5 Å². The summed E-state index contributed by atoms with van der Waals surface area (Å²) >= 11 is 32.6. The van der Waals surface area contributed by atoms with Crippen molar-refractivity contribution in [2.45, 2.75) is 4.90 Å². The molecule has 0 aromatic heterocycles. The molecule has 0 N–H and O–H groups in total. The van der Waals surface area contributed by atoms with E-state index in [9.17, 15) is 0 Å². The predicted molar refractivity (Wildman–Crippen MR) is 58.7 cm³/mol. The van der Waals surface area contributed by atoms with E-state index < -0.39 is 0 Å². The monoisotopic (exact) mass is 383 g/mol. The summed E-state index contributed by atoms with van der Waals surface area (Å²) in [6.07, 6.45) is 0. The molecule has 0 spiro atoms. The Morgan fingerprint density at radius 1 is 0.615 bits per heavy atom. The molecule has 0 amide bonds. The molecule has 75 valence electrons. The van der Waals surface area contributed by atoms with Crippen LogP contribution in [-0.4, -0.2) is 0 Å². The van der Waals surface area contributed by atoms with E-state index in [1.165, 1.54) is 0 Å². The Kier molecular flexibility index (Phi) is 6.37. The summed E-state index contributed by atoms with van der Waals surface area (Å²) < 4.78 is 0. The minimum absolute atomic E-state index is 0. The summed E-state index contributed by atoms with van der Waals surface area (Å²) in [5.74, 6) is 0. The van der Waals surface area contributed by atoms with E-state index in [0.717, 1.165) is 0 Å². The van der Waals surface area contributed by atoms with Crippen molar-refractivity contribution in [3.63, 3.8) is 0 Å². The van der Waals surface area contributed by atoms with Crippen LogP contribution >= 0.6 is 70.6 Å². The van der Waals surface area contributed by atoms with Crippen molar-refractivity contribution >= 4 is 70.6 Å². The Morgan fingerprint density at radius 3 is 1.15 bits per heavy atom. The fraction of sp³-hybridized carbons (Fsp3) is 0. The van der Waals surface area contributed by atoms with E-state index in [1.54, 1.807) is 0 Å². The first-order valence-corrected chi connectivity index (χ1v) is 5.01. The van der Waals surface area contributed by atoms with Crippen LogP contribution in [-0.2, 0) is 19.5 Å². The first-order valence-electron chi connectivity index (χ1n) is 2.67. The molecule has 0 saturated heterocycles. The number of thiol groups is 1. The van der Waals surface area contributed by atoms with E-state index in [4.69, 9.17) is 58.0 Å². The molecule has 1 rings (SSSR count). The number of halogens is 5.